The largest absolute Gasteiger partial charge is 0.167 e. The van der Waals surface area contributed by atoms with Crippen molar-refractivity contribution in [1.29, 1.82) is 0 Å². The van der Waals surface area contributed by atoms with Gasteiger partial charge in [0.25, 0.3) is 0 Å². The van der Waals surface area contributed by atoms with Gasteiger partial charge >= 0.3 is 0 Å². The summed E-state index contributed by atoms with van der Waals surface area (Å²) in [5.41, 5.74) is 2.10. The molecule has 1 rings (SSSR count). The smallest absolute Gasteiger partial charge is 0.0699 e. The number of rotatable bonds is 3. The summed E-state index contributed by atoms with van der Waals surface area (Å²) in [7, 11) is 0. The number of nitrogens with zero attached hydrogens (tertiary/aromatic N) is 2. The highest BCUT2D eigenvalue weighted by molar-refractivity contribution is 6.00. The third-order valence-electron chi connectivity index (χ3n) is 1.63. The fraction of sp³-hybridized carbons (Fsp3) is 0.200. The highest BCUT2D eigenvalue weighted by Crippen LogP contribution is 2.03. The quantitative estimate of drug-likeness (QED) is 0.479. The number of hydrogen-bond donors (Lipinski definition) is 0. The average molecular weight is 160 g/mol. The van der Waals surface area contributed by atoms with Gasteiger partial charge in [-0.2, -0.15) is 10.2 Å². The molecule has 2 heteroatoms. The summed E-state index contributed by atoms with van der Waals surface area (Å²) in [5, 5.41) is 7.46. The molecule has 0 radical (unpaired) electrons. The summed E-state index contributed by atoms with van der Waals surface area (Å²) in [5.74, 6) is 0. The van der Waals surface area contributed by atoms with Gasteiger partial charge in [-0.3, -0.25) is 0 Å². The van der Waals surface area contributed by atoms with Gasteiger partial charge in [0.1, 0.15) is 0 Å². The minimum Gasteiger partial charge on any atom is -0.167 e. The fourth-order valence-electron chi connectivity index (χ4n) is 1.05. The fourth-order valence-corrected chi connectivity index (χ4v) is 1.05. The molecule has 0 unspecified atom stereocenters. The van der Waals surface area contributed by atoms with Crippen molar-refractivity contribution in [2.24, 2.45) is 10.2 Å². The van der Waals surface area contributed by atoms with Gasteiger partial charge < -0.3 is 0 Å². The van der Waals surface area contributed by atoms with Crippen LogP contribution < -0.4 is 0 Å². The second kappa shape index (κ2) is 4.44. The second-order valence-corrected chi connectivity index (χ2v) is 2.41. The third kappa shape index (κ3) is 2.02. The van der Waals surface area contributed by atoms with Crippen molar-refractivity contribution in [3.63, 3.8) is 0 Å². The normalized spacial score (nSPS) is 11.2. The van der Waals surface area contributed by atoms with Crippen molar-refractivity contribution in [3.05, 3.63) is 35.9 Å². The molecule has 0 amide bonds. The zero-order valence-electron chi connectivity index (χ0n) is 7.20. The Labute approximate surface area is 72.7 Å². The Hall–Kier alpha value is -1.44. The van der Waals surface area contributed by atoms with Gasteiger partial charge in [-0.05, 0) is 12.0 Å². The molecule has 0 aromatic heterocycles. The lowest BCUT2D eigenvalue weighted by molar-refractivity contribution is 1.18. The lowest BCUT2D eigenvalue weighted by Crippen LogP contribution is -1.96. The maximum absolute atomic E-state index is 3.94. The van der Waals surface area contributed by atoms with Gasteiger partial charge in [0, 0.05) is 6.72 Å². The van der Waals surface area contributed by atoms with Crippen LogP contribution in [-0.4, -0.2) is 12.4 Å². The molecule has 0 saturated heterocycles. The zero-order chi connectivity index (χ0) is 8.81. The van der Waals surface area contributed by atoms with Gasteiger partial charge in [-0.1, -0.05) is 37.3 Å². The van der Waals surface area contributed by atoms with Crippen molar-refractivity contribution in [2.45, 2.75) is 13.3 Å². The lowest BCUT2D eigenvalue weighted by Gasteiger charge is -1.99. The SMILES string of the molecule is C=N/N=C(/CC)c1ccccc1. The van der Waals surface area contributed by atoms with E-state index in [-0.39, 0.29) is 0 Å². The number of benzene rings is 1. The van der Waals surface area contributed by atoms with Gasteiger partial charge in [0.15, 0.2) is 0 Å². The van der Waals surface area contributed by atoms with Gasteiger partial charge in [0.05, 0.1) is 5.71 Å². The highest BCUT2D eigenvalue weighted by Gasteiger charge is 1.97. The zero-order valence-corrected chi connectivity index (χ0v) is 7.20. The van der Waals surface area contributed by atoms with E-state index in [4.69, 9.17) is 0 Å². The van der Waals surface area contributed by atoms with Crippen LogP contribution in [0.25, 0.3) is 0 Å². The average Bonchev–Trinajstić information content (AvgIpc) is 2.15. The van der Waals surface area contributed by atoms with E-state index in [1.54, 1.807) is 0 Å². The highest BCUT2D eigenvalue weighted by atomic mass is 15.2. The topological polar surface area (TPSA) is 24.7 Å². The molecule has 0 aliphatic rings. The number of hydrogen-bond acceptors (Lipinski definition) is 2. The summed E-state index contributed by atoms with van der Waals surface area (Å²) in [6, 6.07) is 10.0. The summed E-state index contributed by atoms with van der Waals surface area (Å²) < 4.78 is 0. The van der Waals surface area contributed by atoms with Crippen LogP contribution in [0.4, 0.5) is 0 Å². The molecule has 2 nitrogen and oxygen atoms in total. The van der Waals surface area contributed by atoms with Gasteiger partial charge in [0.2, 0.25) is 0 Å². The van der Waals surface area contributed by atoms with Crippen LogP contribution in [0.15, 0.2) is 40.5 Å². The first-order chi connectivity index (χ1) is 5.88. The first-order valence-electron chi connectivity index (χ1n) is 3.96. The monoisotopic (exact) mass is 160 g/mol. The van der Waals surface area contributed by atoms with E-state index in [1.165, 1.54) is 0 Å². The first-order valence-corrected chi connectivity index (χ1v) is 3.96. The van der Waals surface area contributed by atoms with E-state index in [1.807, 2.05) is 30.3 Å². The Morgan fingerprint density at radius 3 is 2.50 bits per heavy atom. The van der Waals surface area contributed by atoms with Crippen LogP contribution in [0, 0.1) is 0 Å². The molecule has 12 heavy (non-hydrogen) atoms. The Morgan fingerprint density at radius 1 is 1.33 bits per heavy atom. The minimum atomic E-state index is 0.878. The summed E-state index contributed by atoms with van der Waals surface area (Å²) in [4.78, 5) is 0. The molecule has 0 saturated carbocycles. The van der Waals surface area contributed by atoms with E-state index >= 15 is 0 Å². The third-order valence-corrected chi connectivity index (χ3v) is 1.63. The van der Waals surface area contributed by atoms with E-state index < -0.39 is 0 Å². The van der Waals surface area contributed by atoms with Crippen molar-refractivity contribution >= 4 is 12.4 Å². The molecular weight excluding hydrogens is 148 g/mol. The van der Waals surface area contributed by atoms with Crippen LogP contribution in [-0.2, 0) is 0 Å². The van der Waals surface area contributed by atoms with E-state index in [2.05, 4.69) is 23.8 Å². The standard InChI is InChI=1S/C10H12N2/c1-3-10(12-11-2)9-7-5-4-6-8-9/h4-8H,2-3H2,1H3/b12-10-. The van der Waals surface area contributed by atoms with E-state index in [0.29, 0.717) is 0 Å². The Bertz CT molecular complexity index is 275. The van der Waals surface area contributed by atoms with Crippen molar-refractivity contribution in [2.75, 3.05) is 0 Å². The first kappa shape index (κ1) is 8.65. The molecule has 0 aliphatic heterocycles. The molecule has 1 aromatic rings. The minimum absolute atomic E-state index is 0.878. The van der Waals surface area contributed by atoms with Gasteiger partial charge in [-0.25, -0.2) is 0 Å². The summed E-state index contributed by atoms with van der Waals surface area (Å²) >= 11 is 0. The maximum Gasteiger partial charge on any atom is 0.0699 e. The Kier molecular flexibility index (Phi) is 3.20. The molecule has 0 heterocycles. The van der Waals surface area contributed by atoms with Crippen LogP contribution in [0.1, 0.15) is 18.9 Å². The predicted octanol–water partition coefficient (Wildman–Crippen LogP) is 2.50. The molecule has 0 bridgehead atoms. The lowest BCUT2D eigenvalue weighted by atomic mass is 10.1. The maximum atomic E-state index is 3.94. The predicted molar refractivity (Wildman–Crippen MR) is 52.8 cm³/mol. The molecule has 0 spiro atoms. The summed E-state index contributed by atoms with van der Waals surface area (Å²) in [6.45, 7) is 5.39. The second-order valence-electron chi connectivity index (χ2n) is 2.41. The van der Waals surface area contributed by atoms with Crippen LogP contribution >= 0.6 is 0 Å². The molecule has 0 aliphatic carbocycles. The molecular formula is C10H12N2. The molecule has 0 atom stereocenters. The summed E-state index contributed by atoms with van der Waals surface area (Å²) in [6.07, 6.45) is 0.878. The molecule has 1 aromatic carbocycles. The molecule has 0 fully saturated rings. The molecule has 0 N–H and O–H groups in total. The van der Waals surface area contributed by atoms with Crippen LogP contribution in [0.2, 0.25) is 0 Å². The van der Waals surface area contributed by atoms with E-state index in [9.17, 15) is 0 Å². The van der Waals surface area contributed by atoms with Crippen molar-refractivity contribution in [1.82, 2.24) is 0 Å². The van der Waals surface area contributed by atoms with Crippen LogP contribution in [0.5, 0.6) is 0 Å². The molecule has 62 valence electrons. The van der Waals surface area contributed by atoms with Crippen molar-refractivity contribution in [3.8, 4) is 0 Å². The van der Waals surface area contributed by atoms with Gasteiger partial charge in [-0.15, -0.1) is 0 Å². The van der Waals surface area contributed by atoms with Crippen molar-refractivity contribution < 1.29 is 0 Å². The Balaban J connectivity index is 2.95. The van der Waals surface area contributed by atoms with Crippen LogP contribution in [0.3, 0.4) is 0 Å². The van der Waals surface area contributed by atoms with E-state index in [0.717, 1.165) is 17.7 Å². The Morgan fingerprint density at radius 2 is 2.00 bits per heavy atom.